The maximum atomic E-state index is 13.4. The topological polar surface area (TPSA) is 88.2 Å². The van der Waals surface area contributed by atoms with Crippen molar-refractivity contribution in [1.29, 1.82) is 0 Å². The Kier molecular flexibility index (Phi) is 6.21. The molecule has 1 unspecified atom stereocenters. The van der Waals surface area contributed by atoms with Crippen molar-refractivity contribution >= 4 is 17.4 Å². The molecule has 3 heterocycles. The van der Waals surface area contributed by atoms with E-state index in [2.05, 4.69) is 27.0 Å². The van der Waals surface area contributed by atoms with Crippen LogP contribution in [0, 0.1) is 12.3 Å². The quantitative estimate of drug-likeness (QED) is 0.482. The third-order valence-electron chi connectivity index (χ3n) is 7.54. The second-order valence-corrected chi connectivity index (χ2v) is 10.1. The zero-order valence-corrected chi connectivity index (χ0v) is 20.7. The number of fused-ring (bicyclic) bond motifs is 1. The largest absolute Gasteiger partial charge is 0.434 e. The fourth-order valence-electron chi connectivity index (χ4n) is 5.58. The summed E-state index contributed by atoms with van der Waals surface area (Å²) in [5, 5.41) is 10.0. The van der Waals surface area contributed by atoms with E-state index in [4.69, 9.17) is 22.3 Å². The van der Waals surface area contributed by atoms with Crippen molar-refractivity contribution in [2.75, 3.05) is 18.0 Å². The predicted octanol–water partition coefficient (Wildman–Crippen LogP) is 5.42. The number of nitrogens with zero attached hydrogens (tertiary/aromatic N) is 4. The number of hydrogen-bond donors (Lipinski definition) is 2. The Balaban J connectivity index is 1.46. The number of alkyl halides is 3. The Morgan fingerprint density at radius 3 is 2.50 bits per heavy atom. The van der Waals surface area contributed by atoms with Gasteiger partial charge in [-0.05, 0) is 55.7 Å². The molecule has 3 aromatic rings. The van der Waals surface area contributed by atoms with Crippen LogP contribution in [0.1, 0.15) is 60.1 Å². The lowest BCUT2D eigenvalue weighted by Gasteiger charge is -2.43. The Hall–Kier alpha value is -2.75. The Morgan fingerprint density at radius 2 is 1.86 bits per heavy atom. The number of aromatic nitrogens is 3. The van der Waals surface area contributed by atoms with Crippen molar-refractivity contribution in [3.8, 4) is 11.3 Å². The summed E-state index contributed by atoms with van der Waals surface area (Å²) in [5.41, 5.74) is 8.99. The molecule has 5 rings (SSSR count). The van der Waals surface area contributed by atoms with Crippen LogP contribution >= 0.6 is 11.6 Å². The highest BCUT2D eigenvalue weighted by Crippen LogP contribution is 2.51. The van der Waals surface area contributed by atoms with E-state index in [-0.39, 0.29) is 22.7 Å². The van der Waals surface area contributed by atoms with Gasteiger partial charge in [0.2, 0.25) is 0 Å². The molecule has 0 radical (unpaired) electrons. The second kappa shape index (κ2) is 8.97. The van der Waals surface area contributed by atoms with Gasteiger partial charge in [0, 0.05) is 30.9 Å². The van der Waals surface area contributed by atoms with E-state index < -0.39 is 23.0 Å². The lowest BCUT2D eigenvalue weighted by atomic mass is 9.73. The molecule has 1 aliphatic heterocycles. The summed E-state index contributed by atoms with van der Waals surface area (Å²) in [7, 11) is 0. The number of rotatable bonds is 3. The summed E-state index contributed by atoms with van der Waals surface area (Å²) in [4.78, 5) is 14.8. The predicted molar refractivity (Wildman–Crippen MR) is 132 cm³/mol. The first-order valence-electron chi connectivity index (χ1n) is 11.9. The Bertz CT molecular complexity index is 1310. The molecule has 2 atom stereocenters. The highest BCUT2D eigenvalue weighted by atomic mass is 35.5. The summed E-state index contributed by atoms with van der Waals surface area (Å²) in [6, 6.07) is 9.66. The molecule has 1 saturated heterocycles. The fourth-order valence-corrected chi connectivity index (χ4v) is 5.89. The molecule has 190 valence electrons. The van der Waals surface area contributed by atoms with Crippen molar-refractivity contribution in [3.05, 3.63) is 69.8 Å². The van der Waals surface area contributed by atoms with Crippen LogP contribution in [0.25, 0.3) is 11.3 Å². The van der Waals surface area contributed by atoms with E-state index in [9.17, 15) is 18.3 Å². The van der Waals surface area contributed by atoms with Gasteiger partial charge < -0.3 is 15.7 Å². The summed E-state index contributed by atoms with van der Waals surface area (Å²) < 4.78 is 40.1. The number of halogens is 4. The summed E-state index contributed by atoms with van der Waals surface area (Å²) in [6.45, 7) is 4.61. The van der Waals surface area contributed by atoms with Gasteiger partial charge in [0.15, 0.2) is 11.5 Å². The Morgan fingerprint density at radius 1 is 1.17 bits per heavy atom. The van der Waals surface area contributed by atoms with Crippen LogP contribution in [0.5, 0.6) is 0 Å². The number of pyridine rings is 1. The first-order valence-corrected chi connectivity index (χ1v) is 12.3. The number of piperidine rings is 1. The molecule has 0 saturated carbocycles. The maximum Gasteiger partial charge on any atom is 0.434 e. The first-order chi connectivity index (χ1) is 17.0. The van der Waals surface area contributed by atoms with Crippen LogP contribution in [-0.4, -0.2) is 33.1 Å². The fraction of sp³-hybridized carbons (Fsp3) is 0.423. The van der Waals surface area contributed by atoms with E-state index in [1.54, 1.807) is 13.8 Å². The van der Waals surface area contributed by atoms with Gasteiger partial charge in [0.25, 0.3) is 0 Å². The molecule has 0 bridgehead atoms. The molecule has 2 aromatic heterocycles. The monoisotopic (exact) mass is 517 g/mol. The van der Waals surface area contributed by atoms with Crippen LogP contribution in [0.2, 0.25) is 5.02 Å². The number of aliphatic hydroxyl groups excluding tert-OH is 1. The van der Waals surface area contributed by atoms with Crippen molar-refractivity contribution < 1.29 is 18.3 Å². The minimum atomic E-state index is -4.70. The smallest absolute Gasteiger partial charge is 0.387 e. The normalized spacial score (nSPS) is 20.0. The number of hydrogen-bond acceptors (Lipinski definition) is 6. The minimum absolute atomic E-state index is 0.0217. The summed E-state index contributed by atoms with van der Waals surface area (Å²) in [5.74, 6) is 0.534. The molecule has 1 fully saturated rings. The molecule has 1 aromatic carbocycles. The number of aryl methyl sites for hydroxylation is 1. The van der Waals surface area contributed by atoms with Crippen LogP contribution in [0.3, 0.4) is 0 Å². The average Bonchev–Trinajstić information content (AvgIpc) is 3.10. The van der Waals surface area contributed by atoms with E-state index in [1.165, 1.54) is 17.2 Å². The number of aliphatic hydroxyl groups is 1. The number of nitrogens with two attached hydrogens (primary N) is 1. The molecule has 3 N–H and O–H groups in total. The molecule has 1 spiro atoms. The lowest BCUT2D eigenvalue weighted by molar-refractivity contribution is -0.141. The first kappa shape index (κ1) is 24.9. The average molecular weight is 518 g/mol. The molecule has 10 heteroatoms. The zero-order chi connectivity index (χ0) is 25.8. The SMILES string of the molecule is Cc1nc(N2CCC3(CC2)Cc2ccccc2[C@H]3N)c(C(C)O)nc1-c1ccnc(C(F)(F)F)c1Cl. The zero-order valence-electron chi connectivity index (χ0n) is 20.0. The standard InChI is InChI=1S/C26H27ClF3N5O/c1-14-20(18-7-10-32-23(19(18)27)26(28,29)30)34-21(15(2)36)24(33-14)35-11-8-25(9-12-35)13-16-5-3-4-6-17(16)22(25)31/h3-7,10,15,22,36H,8-9,11-13,31H2,1-2H3/t15?,22-/m1/s1. The van der Waals surface area contributed by atoms with Gasteiger partial charge >= 0.3 is 6.18 Å². The molecule has 1 aliphatic carbocycles. The maximum absolute atomic E-state index is 13.4. The van der Waals surface area contributed by atoms with Crippen molar-refractivity contribution in [2.24, 2.45) is 11.1 Å². The Labute approximate surface area is 212 Å². The molecule has 0 amide bonds. The van der Waals surface area contributed by atoms with Gasteiger partial charge in [-0.3, -0.25) is 4.98 Å². The van der Waals surface area contributed by atoms with Crippen molar-refractivity contribution in [1.82, 2.24) is 15.0 Å². The minimum Gasteiger partial charge on any atom is -0.387 e. The molecule has 2 aliphatic rings. The van der Waals surface area contributed by atoms with Gasteiger partial charge in [-0.15, -0.1) is 0 Å². The molecular formula is C26H27ClF3N5O. The molecule has 6 nitrogen and oxygen atoms in total. The van der Waals surface area contributed by atoms with E-state index in [1.807, 2.05) is 12.1 Å². The van der Waals surface area contributed by atoms with Gasteiger partial charge in [-0.2, -0.15) is 13.2 Å². The third kappa shape index (κ3) is 4.13. The highest BCUT2D eigenvalue weighted by Gasteiger charge is 2.46. The van der Waals surface area contributed by atoms with Gasteiger partial charge in [0.05, 0.1) is 22.5 Å². The van der Waals surface area contributed by atoms with Crippen LogP contribution < -0.4 is 10.6 Å². The van der Waals surface area contributed by atoms with Gasteiger partial charge in [0.1, 0.15) is 5.69 Å². The summed E-state index contributed by atoms with van der Waals surface area (Å²) >= 11 is 6.11. The van der Waals surface area contributed by atoms with Crippen LogP contribution in [0.15, 0.2) is 36.5 Å². The lowest BCUT2D eigenvalue weighted by Crippen LogP contribution is -2.45. The van der Waals surface area contributed by atoms with Gasteiger partial charge in [-0.1, -0.05) is 35.9 Å². The van der Waals surface area contributed by atoms with E-state index in [0.29, 0.717) is 30.3 Å². The molecular weight excluding hydrogens is 491 g/mol. The highest BCUT2D eigenvalue weighted by molar-refractivity contribution is 6.34. The van der Waals surface area contributed by atoms with Crippen molar-refractivity contribution in [3.63, 3.8) is 0 Å². The van der Waals surface area contributed by atoms with E-state index >= 15 is 0 Å². The van der Waals surface area contributed by atoms with Crippen molar-refractivity contribution in [2.45, 2.75) is 51.4 Å². The van der Waals surface area contributed by atoms with E-state index in [0.717, 1.165) is 25.5 Å². The number of benzene rings is 1. The third-order valence-corrected chi connectivity index (χ3v) is 7.92. The number of anilines is 1. The van der Waals surface area contributed by atoms with Crippen LogP contribution in [0.4, 0.5) is 19.0 Å². The summed E-state index contributed by atoms with van der Waals surface area (Å²) in [6.07, 6.45) is -1.98. The molecule has 36 heavy (non-hydrogen) atoms. The van der Waals surface area contributed by atoms with Gasteiger partial charge in [-0.25, -0.2) is 9.97 Å². The second-order valence-electron chi connectivity index (χ2n) is 9.76. The van der Waals surface area contributed by atoms with Crippen LogP contribution in [-0.2, 0) is 12.6 Å².